The second-order valence-corrected chi connectivity index (χ2v) is 9.68. The highest BCUT2D eigenvalue weighted by Crippen LogP contribution is 2.17. The van der Waals surface area contributed by atoms with Gasteiger partial charge in [-0.15, -0.1) is 0 Å². The molecule has 3 N–H and O–H groups in total. The molecule has 0 unspecified atom stereocenters. The van der Waals surface area contributed by atoms with Crippen LogP contribution in [0, 0.1) is 0 Å². The first-order valence-corrected chi connectivity index (χ1v) is 13.5. The zero-order valence-electron chi connectivity index (χ0n) is 20.7. The summed E-state index contributed by atoms with van der Waals surface area (Å²) in [6.45, 7) is 2.25. The number of nitrogens with one attached hydrogen (secondary N) is 3. The number of amides is 2. The summed E-state index contributed by atoms with van der Waals surface area (Å²) in [6, 6.07) is 13.9. The van der Waals surface area contributed by atoms with Crippen molar-refractivity contribution in [2.24, 2.45) is 0 Å². The summed E-state index contributed by atoms with van der Waals surface area (Å²) in [5.74, 6) is -0.351. The Hall–Kier alpha value is -2.44. The lowest BCUT2D eigenvalue weighted by Gasteiger charge is -2.11. The molecule has 190 valence electrons. The minimum Gasteiger partial charge on any atom is -0.332 e. The molecule has 0 saturated heterocycles. The summed E-state index contributed by atoms with van der Waals surface area (Å²) in [5, 5.41) is 9.30. The van der Waals surface area contributed by atoms with Gasteiger partial charge in [-0.3, -0.25) is 9.59 Å². The van der Waals surface area contributed by atoms with Gasteiger partial charge >= 0.3 is 0 Å². The standard InChI is InChI=1S/C28H38ClN3O2S/c1-2-3-4-5-6-7-8-9-10-11-12-19-26(33)32-28(35)31-24-17-13-15-22(20-24)27(34)30-25-18-14-16-23(29)21-25/h13-18,20-21H,2-12,19H2,1H3,(H,30,34)(H2,31,32,33,35). The minimum atomic E-state index is -0.262. The molecule has 0 aliphatic heterocycles. The van der Waals surface area contributed by atoms with Gasteiger partial charge < -0.3 is 16.0 Å². The van der Waals surface area contributed by atoms with Crippen LogP contribution in [0.3, 0.4) is 0 Å². The Labute approximate surface area is 220 Å². The van der Waals surface area contributed by atoms with Crippen molar-refractivity contribution in [3.05, 3.63) is 59.1 Å². The first kappa shape index (κ1) is 28.8. The van der Waals surface area contributed by atoms with Gasteiger partial charge in [0.25, 0.3) is 5.91 Å². The maximum Gasteiger partial charge on any atom is 0.255 e. The van der Waals surface area contributed by atoms with E-state index in [1.54, 1.807) is 48.5 Å². The molecule has 2 aromatic rings. The summed E-state index contributed by atoms with van der Waals surface area (Å²) in [6.07, 6.45) is 14.2. The molecule has 0 radical (unpaired) electrons. The lowest BCUT2D eigenvalue weighted by atomic mass is 10.1. The van der Waals surface area contributed by atoms with Crippen molar-refractivity contribution in [2.75, 3.05) is 10.6 Å². The number of halogens is 1. The molecule has 0 heterocycles. The van der Waals surface area contributed by atoms with E-state index in [0.717, 1.165) is 12.8 Å². The second kappa shape index (κ2) is 17.1. The quantitative estimate of drug-likeness (QED) is 0.165. The fourth-order valence-electron chi connectivity index (χ4n) is 3.81. The highest BCUT2D eigenvalue weighted by molar-refractivity contribution is 7.80. The molecule has 2 amide bonds. The molecule has 0 bridgehead atoms. The maximum absolute atomic E-state index is 12.5. The molecule has 0 saturated carbocycles. The van der Waals surface area contributed by atoms with Gasteiger partial charge in [-0.2, -0.15) is 0 Å². The fraction of sp³-hybridized carbons (Fsp3) is 0.464. The summed E-state index contributed by atoms with van der Waals surface area (Å²) in [5.41, 5.74) is 1.71. The monoisotopic (exact) mass is 515 g/mol. The van der Waals surface area contributed by atoms with Crippen LogP contribution in [0.5, 0.6) is 0 Å². The van der Waals surface area contributed by atoms with E-state index in [-0.39, 0.29) is 16.9 Å². The van der Waals surface area contributed by atoms with Crippen molar-refractivity contribution in [3.8, 4) is 0 Å². The van der Waals surface area contributed by atoms with E-state index in [1.807, 2.05) is 0 Å². The van der Waals surface area contributed by atoms with Gasteiger partial charge in [0.05, 0.1) is 0 Å². The number of hydrogen-bond donors (Lipinski definition) is 3. The Balaban J connectivity index is 1.62. The van der Waals surface area contributed by atoms with Crippen molar-refractivity contribution >= 4 is 52.1 Å². The van der Waals surface area contributed by atoms with Crippen LogP contribution < -0.4 is 16.0 Å². The van der Waals surface area contributed by atoms with E-state index in [0.29, 0.717) is 28.4 Å². The van der Waals surface area contributed by atoms with Crippen LogP contribution in [-0.4, -0.2) is 16.9 Å². The third kappa shape index (κ3) is 12.7. The van der Waals surface area contributed by atoms with E-state index < -0.39 is 0 Å². The zero-order chi connectivity index (χ0) is 25.3. The Morgan fingerprint density at radius 3 is 1.97 bits per heavy atom. The average Bonchev–Trinajstić information content (AvgIpc) is 2.82. The Kier molecular flexibility index (Phi) is 14.0. The molecule has 0 spiro atoms. The molecular formula is C28H38ClN3O2S. The van der Waals surface area contributed by atoms with E-state index in [4.69, 9.17) is 23.8 Å². The van der Waals surface area contributed by atoms with E-state index in [1.165, 1.54) is 57.8 Å². The predicted molar refractivity (Wildman–Crippen MR) is 151 cm³/mol. The third-order valence-corrected chi connectivity index (χ3v) is 6.16. The lowest BCUT2D eigenvalue weighted by Crippen LogP contribution is -2.34. The topological polar surface area (TPSA) is 70.2 Å². The fourth-order valence-corrected chi connectivity index (χ4v) is 4.23. The number of hydrogen-bond acceptors (Lipinski definition) is 3. The molecule has 0 atom stereocenters. The van der Waals surface area contributed by atoms with E-state index in [9.17, 15) is 9.59 Å². The van der Waals surface area contributed by atoms with Gasteiger partial charge in [0.1, 0.15) is 0 Å². The average molecular weight is 516 g/mol. The van der Waals surface area contributed by atoms with Gasteiger partial charge in [-0.25, -0.2) is 0 Å². The highest BCUT2D eigenvalue weighted by atomic mass is 35.5. The van der Waals surface area contributed by atoms with Gasteiger partial charge in [0.15, 0.2) is 5.11 Å². The Bertz CT molecular complexity index is 951. The van der Waals surface area contributed by atoms with Gasteiger partial charge in [0, 0.05) is 28.4 Å². The maximum atomic E-state index is 12.5. The van der Waals surface area contributed by atoms with Crippen LogP contribution in [0.25, 0.3) is 0 Å². The van der Waals surface area contributed by atoms with Gasteiger partial charge in [-0.05, 0) is 55.0 Å². The van der Waals surface area contributed by atoms with E-state index >= 15 is 0 Å². The van der Waals surface area contributed by atoms with Crippen LogP contribution in [0.4, 0.5) is 11.4 Å². The summed E-state index contributed by atoms with van der Waals surface area (Å²) < 4.78 is 0. The van der Waals surface area contributed by atoms with Crippen LogP contribution in [0.15, 0.2) is 48.5 Å². The Morgan fingerprint density at radius 1 is 0.771 bits per heavy atom. The predicted octanol–water partition coefficient (Wildman–Crippen LogP) is 8.11. The van der Waals surface area contributed by atoms with Crippen molar-refractivity contribution in [1.29, 1.82) is 0 Å². The highest BCUT2D eigenvalue weighted by Gasteiger charge is 2.09. The van der Waals surface area contributed by atoms with Crippen molar-refractivity contribution in [1.82, 2.24) is 5.32 Å². The number of rotatable bonds is 15. The molecule has 7 heteroatoms. The Morgan fingerprint density at radius 2 is 1.34 bits per heavy atom. The van der Waals surface area contributed by atoms with Crippen LogP contribution in [-0.2, 0) is 4.79 Å². The molecule has 0 aliphatic rings. The summed E-state index contributed by atoms with van der Waals surface area (Å²) in [4.78, 5) is 24.7. The molecular weight excluding hydrogens is 478 g/mol. The van der Waals surface area contributed by atoms with Crippen molar-refractivity contribution in [2.45, 2.75) is 84.0 Å². The second-order valence-electron chi connectivity index (χ2n) is 8.83. The normalized spacial score (nSPS) is 10.6. The molecule has 2 rings (SSSR count). The minimum absolute atomic E-state index is 0.0896. The smallest absolute Gasteiger partial charge is 0.255 e. The number of unbranched alkanes of at least 4 members (excludes halogenated alkanes) is 10. The summed E-state index contributed by atoms with van der Waals surface area (Å²) in [7, 11) is 0. The van der Waals surface area contributed by atoms with Crippen LogP contribution in [0.2, 0.25) is 5.02 Å². The molecule has 0 fully saturated rings. The van der Waals surface area contributed by atoms with Crippen molar-refractivity contribution in [3.63, 3.8) is 0 Å². The zero-order valence-corrected chi connectivity index (χ0v) is 22.3. The van der Waals surface area contributed by atoms with Gasteiger partial charge in [-0.1, -0.05) is 94.9 Å². The third-order valence-electron chi connectivity index (χ3n) is 5.73. The largest absolute Gasteiger partial charge is 0.332 e. The van der Waals surface area contributed by atoms with E-state index in [2.05, 4.69) is 22.9 Å². The number of carbonyl (C=O) groups excluding carboxylic acids is 2. The van der Waals surface area contributed by atoms with Crippen LogP contribution in [0.1, 0.15) is 94.3 Å². The molecule has 0 aromatic heterocycles. The number of benzene rings is 2. The lowest BCUT2D eigenvalue weighted by molar-refractivity contribution is -0.119. The van der Waals surface area contributed by atoms with Crippen LogP contribution >= 0.6 is 23.8 Å². The molecule has 35 heavy (non-hydrogen) atoms. The molecule has 5 nitrogen and oxygen atoms in total. The number of thiocarbonyl (C=S) groups is 1. The first-order valence-electron chi connectivity index (χ1n) is 12.8. The van der Waals surface area contributed by atoms with Gasteiger partial charge in [0.2, 0.25) is 5.91 Å². The summed E-state index contributed by atoms with van der Waals surface area (Å²) >= 11 is 11.2. The SMILES string of the molecule is CCCCCCCCCCCCCC(=O)NC(=S)Nc1cccc(C(=O)Nc2cccc(Cl)c2)c1. The molecule has 2 aromatic carbocycles. The first-order chi connectivity index (χ1) is 17.0. The molecule has 0 aliphatic carbocycles. The number of anilines is 2. The number of carbonyl (C=O) groups is 2. The van der Waals surface area contributed by atoms with Crippen molar-refractivity contribution < 1.29 is 9.59 Å².